The van der Waals surface area contributed by atoms with E-state index in [2.05, 4.69) is 41.5 Å². The Labute approximate surface area is 174 Å². The molecule has 0 spiro atoms. The summed E-state index contributed by atoms with van der Waals surface area (Å²) in [5, 5.41) is 10.7. The second kappa shape index (κ2) is 6.98. The van der Waals surface area contributed by atoms with Gasteiger partial charge in [0, 0.05) is 6.61 Å². The van der Waals surface area contributed by atoms with E-state index in [-0.39, 0.29) is 0 Å². The first-order valence-corrected chi connectivity index (χ1v) is 12.3. The lowest BCUT2D eigenvalue weighted by Gasteiger charge is -2.61. The Kier molecular flexibility index (Phi) is 5.27. The molecule has 2 heteroatoms. The summed E-state index contributed by atoms with van der Waals surface area (Å²) < 4.78 is 6.56. The largest absolute Gasteiger partial charge is 0.390 e. The molecule has 162 valence electrons. The number of rotatable bonds is 3. The van der Waals surface area contributed by atoms with Crippen LogP contribution in [0.15, 0.2) is 0 Å². The van der Waals surface area contributed by atoms with Crippen LogP contribution in [-0.2, 0) is 4.74 Å². The smallest absolute Gasteiger partial charge is 0.0631 e. The van der Waals surface area contributed by atoms with Crippen LogP contribution in [0.3, 0.4) is 0 Å². The van der Waals surface area contributed by atoms with Crippen molar-refractivity contribution in [1.82, 2.24) is 0 Å². The molecule has 0 saturated heterocycles. The van der Waals surface area contributed by atoms with Crippen LogP contribution in [0.4, 0.5) is 0 Å². The van der Waals surface area contributed by atoms with Crippen LogP contribution in [0.5, 0.6) is 0 Å². The second-order valence-electron chi connectivity index (χ2n) is 13.1. The maximum atomic E-state index is 10.7. The van der Waals surface area contributed by atoms with E-state index in [1.54, 1.807) is 0 Å². The van der Waals surface area contributed by atoms with Gasteiger partial charge >= 0.3 is 0 Å². The van der Waals surface area contributed by atoms with E-state index in [1.165, 1.54) is 44.9 Å². The average Bonchev–Trinajstić information content (AvgIpc) is 2.91. The lowest BCUT2D eigenvalue weighted by molar-refractivity contribution is -0.156. The van der Waals surface area contributed by atoms with Crippen molar-refractivity contribution in [1.29, 1.82) is 0 Å². The number of aliphatic hydroxyl groups is 1. The van der Waals surface area contributed by atoms with E-state index in [1.807, 2.05) is 0 Å². The first kappa shape index (κ1) is 21.2. The Hall–Kier alpha value is -0.0800. The van der Waals surface area contributed by atoms with Crippen LogP contribution in [-0.4, -0.2) is 23.4 Å². The number of hydrogen-bond donors (Lipinski definition) is 1. The Balaban J connectivity index is 1.46. The molecule has 4 rings (SSSR count). The van der Waals surface area contributed by atoms with Crippen LogP contribution in [0.25, 0.3) is 0 Å². The zero-order valence-corrected chi connectivity index (χ0v) is 19.5. The zero-order valence-electron chi connectivity index (χ0n) is 19.5. The van der Waals surface area contributed by atoms with Crippen LogP contribution in [0.1, 0.15) is 106 Å². The molecule has 0 aromatic carbocycles. The molecule has 28 heavy (non-hydrogen) atoms. The van der Waals surface area contributed by atoms with E-state index in [9.17, 15) is 5.11 Å². The highest BCUT2D eigenvalue weighted by atomic mass is 16.5. The van der Waals surface area contributed by atoms with Crippen molar-refractivity contribution in [2.24, 2.45) is 39.9 Å². The van der Waals surface area contributed by atoms with Crippen molar-refractivity contribution >= 4 is 0 Å². The maximum Gasteiger partial charge on any atom is 0.0631 e. The maximum absolute atomic E-state index is 10.7. The molecule has 4 saturated carbocycles. The van der Waals surface area contributed by atoms with Crippen LogP contribution >= 0.6 is 0 Å². The molecule has 0 aromatic heterocycles. The number of ether oxygens (including phenoxy) is 1. The van der Waals surface area contributed by atoms with Gasteiger partial charge in [-0.25, -0.2) is 0 Å². The van der Waals surface area contributed by atoms with Gasteiger partial charge in [0.1, 0.15) is 0 Å². The highest BCUT2D eigenvalue weighted by molar-refractivity contribution is 5.10. The molecule has 0 radical (unpaired) electrons. The minimum absolute atomic E-state index is 0.367. The molecule has 4 fully saturated rings. The van der Waals surface area contributed by atoms with Gasteiger partial charge in [0.05, 0.1) is 11.7 Å². The Bertz CT molecular complexity index is 575. The summed E-state index contributed by atoms with van der Waals surface area (Å²) in [5.74, 6) is 3.39. The molecule has 0 bridgehead atoms. The third-order valence-electron chi connectivity index (χ3n) is 10.0. The SMILES string of the molecule is CC(C)(C)CCO[C@H]1CCC2C3CC[C@H]4C[C@@](C)(O)CC[C@]4(C)C3CC[C@@]21C. The van der Waals surface area contributed by atoms with Crippen molar-refractivity contribution in [3.63, 3.8) is 0 Å². The van der Waals surface area contributed by atoms with Gasteiger partial charge in [-0.1, -0.05) is 34.6 Å². The molecular formula is C26H46O2. The Morgan fingerprint density at radius 1 is 0.857 bits per heavy atom. The number of hydrogen-bond acceptors (Lipinski definition) is 2. The van der Waals surface area contributed by atoms with Gasteiger partial charge in [0.15, 0.2) is 0 Å². The molecule has 0 aliphatic heterocycles. The van der Waals surface area contributed by atoms with E-state index in [0.29, 0.717) is 22.3 Å². The molecule has 0 heterocycles. The van der Waals surface area contributed by atoms with Gasteiger partial charge in [-0.05, 0) is 111 Å². The molecule has 2 nitrogen and oxygen atoms in total. The highest BCUT2D eigenvalue weighted by Gasteiger charge is 2.61. The summed E-state index contributed by atoms with van der Waals surface area (Å²) >= 11 is 0. The minimum atomic E-state index is -0.417. The normalized spacial score (nSPS) is 51.3. The predicted molar refractivity (Wildman–Crippen MR) is 116 cm³/mol. The number of fused-ring (bicyclic) bond motifs is 5. The van der Waals surface area contributed by atoms with Crippen molar-refractivity contribution in [3.8, 4) is 0 Å². The van der Waals surface area contributed by atoms with E-state index in [4.69, 9.17) is 4.74 Å². The average molecular weight is 391 g/mol. The van der Waals surface area contributed by atoms with Gasteiger partial charge in [0.2, 0.25) is 0 Å². The van der Waals surface area contributed by atoms with Crippen molar-refractivity contribution < 1.29 is 9.84 Å². The molecule has 8 atom stereocenters. The standard InChI is InChI=1S/C26H46O2/c1-23(2,3)15-16-28-22-10-9-20-19-8-7-18-17-24(4,27)13-14-25(18,5)21(19)11-12-26(20,22)6/h18-22,27H,7-17H2,1-6H3/t18-,19?,20?,21?,22-,24-,25-,26-/m0/s1. The predicted octanol–water partition coefficient (Wildman–Crippen LogP) is 6.60. The van der Waals surface area contributed by atoms with Crippen LogP contribution in [0.2, 0.25) is 0 Å². The molecular weight excluding hydrogens is 344 g/mol. The molecule has 4 aliphatic rings. The minimum Gasteiger partial charge on any atom is -0.390 e. The topological polar surface area (TPSA) is 29.5 Å². The highest BCUT2D eigenvalue weighted by Crippen LogP contribution is 2.67. The van der Waals surface area contributed by atoms with Gasteiger partial charge < -0.3 is 9.84 Å². The van der Waals surface area contributed by atoms with Crippen molar-refractivity contribution in [2.75, 3.05) is 6.61 Å². The van der Waals surface area contributed by atoms with E-state index >= 15 is 0 Å². The quantitative estimate of drug-likeness (QED) is 0.588. The van der Waals surface area contributed by atoms with Gasteiger partial charge in [-0.3, -0.25) is 0 Å². The summed E-state index contributed by atoms with van der Waals surface area (Å²) in [6.45, 7) is 15.1. The summed E-state index contributed by atoms with van der Waals surface area (Å²) in [6, 6.07) is 0. The van der Waals surface area contributed by atoms with Gasteiger partial charge in [-0.15, -0.1) is 0 Å². The van der Waals surface area contributed by atoms with Gasteiger partial charge in [-0.2, -0.15) is 0 Å². The molecule has 4 aliphatic carbocycles. The zero-order chi connectivity index (χ0) is 20.4. The lowest BCUT2D eigenvalue weighted by Crippen LogP contribution is -2.56. The van der Waals surface area contributed by atoms with Gasteiger partial charge in [0.25, 0.3) is 0 Å². The van der Waals surface area contributed by atoms with Crippen molar-refractivity contribution in [3.05, 3.63) is 0 Å². The fraction of sp³-hybridized carbons (Fsp3) is 1.00. The molecule has 0 amide bonds. The monoisotopic (exact) mass is 390 g/mol. The van der Waals surface area contributed by atoms with Crippen LogP contribution < -0.4 is 0 Å². The molecule has 1 N–H and O–H groups in total. The summed E-state index contributed by atoms with van der Waals surface area (Å²) in [7, 11) is 0. The summed E-state index contributed by atoms with van der Waals surface area (Å²) in [6.07, 6.45) is 13.1. The Morgan fingerprint density at radius 3 is 2.29 bits per heavy atom. The Morgan fingerprint density at radius 2 is 1.57 bits per heavy atom. The first-order valence-electron chi connectivity index (χ1n) is 12.3. The summed E-state index contributed by atoms with van der Waals surface area (Å²) in [5.41, 5.74) is 0.825. The first-order chi connectivity index (χ1) is 12.9. The summed E-state index contributed by atoms with van der Waals surface area (Å²) in [4.78, 5) is 0. The molecule has 3 unspecified atom stereocenters. The van der Waals surface area contributed by atoms with E-state index < -0.39 is 5.60 Å². The van der Waals surface area contributed by atoms with E-state index in [0.717, 1.165) is 49.5 Å². The fourth-order valence-corrected chi connectivity index (χ4v) is 8.16. The second-order valence-corrected chi connectivity index (χ2v) is 13.1. The third-order valence-corrected chi connectivity index (χ3v) is 10.0. The lowest BCUT2D eigenvalue weighted by atomic mass is 9.44. The molecule has 0 aromatic rings. The van der Waals surface area contributed by atoms with Crippen LogP contribution in [0, 0.1) is 39.9 Å². The third kappa shape index (κ3) is 3.59. The van der Waals surface area contributed by atoms with Crippen molar-refractivity contribution in [2.45, 2.75) is 117 Å². The fourth-order valence-electron chi connectivity index (χ4n) is 8.16.